The molecule has 104 valence electrons. The molecule has 0 saturated carbocycles. The van der Waals surface area contributed by atoms with E-state index in [1.54, 1.807) is 6.07 Å². The maximum atomic E-state index is 11.7. The van der Waals surface area contributed by atoms with E-state index in [-0.39, 0.29) is 11.8 Å². The van der Waals surface area contributed by atoms with Gasteiger partial charge in [0, 0.05) is 26.3 Å². The number of amides is 2. The fourth-order valence-corrected chi connectivity index (χ4v) is 1.46. The van der Waals surface area contributed by atoms with E-state index in [4.69, 9.17) is 0 Å². The van der Waals surface area contributed by atoms with Crippen LogP contribution in [-0.4, -0.2) is 43.5 Å². The van der Waals surface area contributed by atoms with Crippen molar-refractivity contribution in [3.05, 3.63) is 29.6 Å². The molecule has 19 heavy (non-hydrogen) atoms. The molecule has 0 saturated heterocycles. The Kier molecular flexibility index (Phi) is 6.52. The monoisotopic (exact) mass is 264 g/mol. The number of hydrogen-bond acceptors (Lipinski definition) is 4. The summed E-state index contributed by atoms with van der Waals surface area (Å²) >= 11 is 0. The molecule has 6 heteroatoms. The summed E-state index contributed by atoms with van der Waals surface area (Å²) in [5, 5.41) is 8.44. The molecule has 2 amide bonds. The van der Waals surface area contributed by atoms with Crippen molar-refractivity contribution in [2.75, 3.05) is 26.7 Å². The first-order valence-electron chi connectivity index (χ1n) is 6.36. The summed E-state index contributed by atoms with van der Waals surface area (Å²) in [6.07, 6.45) is 2.47. The van der Waals surface area contributed by atoms with Crippen molar-refractivity contribution in [1.29, 1.82) is 0 Å². The van der Waals surface area contributed by atoms with Crippen LogP contribution < -0.4 is 16.0 Å². The van der Waals surface area contributed by atoms with Crippen molar-refractivity contribution >= 4 is 11.8 Å². The zero-order chi connectivity index (χ0) is 14.1. The summed E-state index contributed by atoms with van der Waals surface area (Å²) in [4.78, 5) is 27.0. The molecule has 0 aliphatic heterocycles. The van der Waals surface area contributed by atoms with Gasteiger partial charge >= 0.3 is 0 Å². The standard InChI is InChI=1S/C13H20N4O2/c1-3-6-15-7-8-16-12(18)10-4-5-11(17-9-10)13(19)14-2/h4-5,9,15H,3,6-8H2,1-2H3,(H,14,19)(H,16,18). The van der Waals surface area contributed by atoms with Crippen molar-refractivity contribution in [3.8, 4) is 0 Å². The van der Waals surface area contributed by atoms with Gasteiger partial charge in [-0.3, -0.25) is 14.6 Å². The topological polar surface area (TPSA) is 83.1 Å². The van der Waals surface area contributed by atoms with Crippen LogP contribution >= 0.6 is 0 Å². The number of rotatable bonds is 7. The number of carbonyl (C=O) groups excluding carboxylic acids is 2. The predicted octanol–water partition coefficient (Wildman–Crippen LogP) is 0.171. The highest BCUT2D eigenvalue weighted by Crippen LogP contribution is 2.00. The summed E-state index contributed by atoms with van der Waals surface area (Å²) < 4.78 is 0. The molecule has 1 aromatic heterocycles. The molecule has 0 aliphatic carbocycles. The quantitative estimate of drug-likeness (QED) is 0.613. The predicted molar refractivity (Wildman–Crippen MR) is 73.1 cm³/mol. The molecule has 3 N–H and O–H groups in total. The van der Waals surface area contributed by atoms with Crippen LogP contribution in [0.15, 0.2) is 18.3 Å². The molecule has 0 radical (unpaired) electrons. The first-order chi connectivity index (χ1) is 9.19. The van der Waals surface area contributed by atoms with E-state index in [2.05, 4.69) is 27.9 Å². The number of nitrogens with zero attached hydrogens (tertiary/aromatic N) is 1. The van der Waals surface area contributed by atoms with Gasteiger partial charge in [-0.05, 0) is 25.1 Å². The first kappa shape index (κ1) is 15.1. The molecule has 0 aliphatic rings. The van der Waals surface area contributed by atoms with Crippen LogP contribution in [0.4, 0.5) is 0 Å². The van der Waals surface area contributed by atoms with Crippen LogP contribution in [-0.2, 0) is 0 Å². The van der Waals surface area contributed by atoms with E-state index in [1.165, 1.54) is 19.3 Å². The molecule has 1 aromatic rings. The molecule has 1 heterocycles. The Hall–Kier alpha value is -1.95. The normalized spacial score (nSPS) is 10.0. The second-order valence-corrected chi connectivity index (χ2v) is 4.02. The Labute approximate surface area is 113 Å². The second kappa shape index (κ2) is 8.20. The van der Waals surface area contributed by atoms with E-state index in [9.17, 15) is 9.59 Å². The molecular formula is C13H20N4O2. The van der Waals surface area contributed by atoms with Crippen LogP contribution in [0.2, 0.25) is 0 Å². The summed E-state index contributed by atoms with van der Waals surface area (Å²) in [7, 11) is 1.54. The fraction of sp³-hybridized carbons (Fsp3) is 0.462. The molecular weight excluding hydrogens is 244 g/mol. The molecule has 0 fully saturated rings. The van der Waals surface area contributed by atoms with E-state index in [1.807, 2.05) is 0 Å². The molecule has 1 rings (SSSR count). The third kappa shape index (κ3) is 5.05. The highest BCUT2D eigenvalue weighted by molar-refractivity contribution is 5.96. The van der Waals surface area contributed by atoms with Gasteiger partial charge in [0.1, 0.15) is 5.69 Å². The largest absolute Gasteiger partial charge is 0.354 e. The molecule has 0 bridgehead atoms. The maximum absolute atomic E-state index is 11.7. The molecule has 0 spiro atoms. The van der Waals surface area contributed by atoms with Gasteiger partial charge in [-0.1, -0.05) is 6.92 Å². The number of carbonyl (C=O) groups is 2. The Morgan fingerprint density at radius 2 is 1.95 bits per heavy atom. The fourth-order valence-electron chi connectivity index (χ4n) is 1.46. The third-order valence-corrected chi connectivity index (χ3v) is 2.50. The van der Waals surface area contributed by atoms with Gasteiger partial charge in [0.05, 0.1) is 5.56 Å². The SMILES string of the molecule is CCCNCCNC(=O)c1ccc(C(=O)NC)nc1. The van der Waals surface area contributed by atoms with E-state index in [0.29, 0.717) is 17.8 Å². The number of aromatic nitrogens is 1. The molecule has 0 atom stereocenters. The van der Waals surface area contributed by atoms with Gasteiger partial charge in [0.15, 0.2) is 0 Å². The van der Waals surface area contributed by atoms with E-state index >= 15 is 0 Å². The van der Waals surface area contributed by atoms with Gasteiger partial charge < -0.3 is 16.0 Å². The van der Waals surface area contributed by atoms with Crippen LogP contribution in [0.1, 0.15) is 34.2 Å². The minimum absolute atomic E-state index is 0.186. The van der Waals surface area contributed by atoms with Crippen molar-refractivity contribution in [2.45, 2.75) is 13.3 Å². The lowest BCUT2D eigenvalue weighted by atomic mass is 10.2. The Morgan fingerprint density at radius 3 is 2.53 bits per heavy atom. The first-order valence-corrected chi connectivity index (χ1v) is 6.36. The van der Waals surface area contributed by atoms with Crippen LogP contribution in [0.25, 0.3) is 0 Å². The van der Waals surface area contributed by atoms with Crippen molar-refractivity contribution in [1.82, 2.24) is 20.9 Å². The van der Waals surface area contributed by atoms with Crippen LogP contribution in [0.3, 0.4) is 0 Å². The van der Waals surface area contributed by atoms with Gasteiger partial charge in [0.2, 0.25) is 0 Å². The van der Waals surface area contributed by atoms with Crippen molar-refractivity contribution < 1.29 is 9.59 Å². The zero-order valence-electron chi connectivity index (χ0n) is 11.3. The lowest BCUT2D eigenvalue weighted by molar-refractivity contribution is 0.0942. The molecule has 0 unspecified atom stereocenters. The van der Waals surface area contributed by atoms with Gasteiger partial charge in [-0.25, -0.2) is 0 Å². The second-order valence-electron chi connectivity index (χ2n) is 4.02. The highest BCUT2D eigenvalue weighted by Gasteiger charge is 2.08. The number of nitrogens with one attached hydrogen (secondary N) is 3. The number of pyridine rings is 1. The molecule has 0 aromatic carbocycles. The third-order valence-electron chi connectivity index (χ3n) is 2.50. The lowest BCUT2D eigenvalue weighted by Gasteiger charge is -2.06. The van der Waals surface area contributed by atoms with Crippen LogP contribution in [0, 0.1) is 0 Å². The summed E-state index contributed by atoms with van der Waals surface area (Å²) in [5.74, 6) is -0.454. The summed E-state index contributed by atoms with van der Waals surface area (Å²) in [6, 6.07) is 3.12. The van der Waals surface area contributed by atoms with Gasteiger partial charge in [-0.2, -0.15) is 0 Å². The van der Waals surface area contributed by atoms with Gasteiger partial charge in [-0.15, -0.1) is 0 Å². The Bertz CT molecular complexity index is 417. The zero-order valence-corrected chi connectivity index (χ0v) is 11.3. The Morgan fingerprint density at radius 1 is 1.16 bits per heavy atom. The summed E-state index contributed by atoms with van der Waals surface area (Å²) in [6.45, 7) is 4.34. The van der Waals surface area contributed by atoms with E-state index in [0.717, 1.165) is 19.5 Å². The average Bonchev–Trinajstić information content (AvgIpc) is 2.46. The van der Waals surface area contributed by atoms with Crippen LogP contribution in [0.5, 0.6) is 0 Å². The Balaban J connectivity index is 2.42. The maximum Gasteiger partial charge on any atom is 0.269 e. The minimum Gasteiger partial charge on any atom is -0.354 e. The summed E-state index contributed by atoms with van der Waals surface area (Å²) in [5.41, 5.74) is 0.742. The van der Waals surface area contributed by atoms with Gasteiger partial charge in [0.25, 0.3) is 11.8 Å². The number of hydrogen-bond donors (Lipinski definition) is 3. The smallest absolute Gasteiger partial charge is 0.269 e. The minimum atomic E-state index is -0.268. The average molecular weight is 264 g/mol. The highest BCUT2D eigenvalue weighted by atomic mass is 16.2. The lowest BCUT2D eigenvalue weighted by Crippen LogP contribution is -2.32. The molecule has 6 nitrogen and oxygen atoms in total. The van der Waals surface area contributed by atoms with E-state index < -0.39 is 0 Å². The van der Waals surface area contributed by atoms with Crippen molar-refractivity contribution in [2.24, 2.45) is 0 Å². The van der Waals surface area contributed by atoms with Crippen molar-refractivity contribution in [3.63, 3.8) is 0 Å².